The number of nitriles is 1. The van der Waals surface area contributed by atoms with Crippen LogP contribution in [0.15, 0.2) is 48.5 Å². The van der Waals surface area contributed by atoms with Crippen molar-refractivity contribution in [3.63, 3.8) is 0 Å². The van der Waals surface area contributed by atoms with Gasteiger partial charge in [-0.15, -0.1) is 11.8 Å². The van der Waals surface area contributed by atoms with Gasteiger partial charge in [0.25, 0.3) is 0 Å². The Bertz CT molecular complexity index is 842. The summed E-state index contributed by atoms with van der Waals surface area (Å²) in [6, 6.07) is 16.5. The number of aliphatic hydroxyl groups is 1. The molecular formula is C19H15NO3S. The average molecular weight is 337 g/mol. The second-order valence-electron chi connectivity index (χ2n) is 6.12. The number of nitrogens with zero attached hydrogens (tertiary/aromatic N) is 1. The van der Waals surface area contributed by atoms with Crippen molar-refractivity contribution in [2.45, 2.75) is 11.4 Å². The molecule has 0 unspecified atom stereocenters. The van der Waals surface area contributed by atoms with Crippen molar-refractivity contribution in [3.05, 3.63) is 65.2 Å². The number of ketones is 1. The molecule has 0 saturated carbocycles. The smallest absolute Gasteiger partial charge is 0.180 e. The Kier molecular flexibility index (Phi) is 3.60. The van der Waals surface area contributed by atoms with Crippen molar-refractivity contribution < 1.29 is 14.6 Å². The quantitative estimate of drug-likeness (QED) is 0.866. The molecule has 2 heterocycles. The average Bonchev–Trinajstić information content (AvgIpc) is 2.96. The molecule has 0 aliphatic carbocycles. The van der Waals surface area contributed by atoms with E-state index in [0.717, 1.165) is 5.56 Å². The van der Waals surface area contributed by atoms with Crippen LogP contribution in [-0.4, -0.2) is 29.4 Å². The standard InChI is InChI=1S/C19H15NO3S/c20-9-12-5-7-13(8-6-12)18-19(16(21)10-24-18)11-23-15-4-2-1-3-14(15)17(19)22/h1-8,16,18,21H,10-11H2/t16-,18+,19+/m1/s1. The number of benzene rings is 2. The van der Waals surface area contributed by atoms with Crippen molar-refractivity contribution >= 4 is 17.5 Å². The van der Waals surface area contributed by atoms with Gasteiger partial charge in [0.1, 0.15) is 17.8 Å². The molecule has 0 amide bonds. The van der Waals surface area contributed by atoms with E-state index in [9.17, 15) is 9.90 Å². The summed E-state index contributed by atoms with van der Waals surface area (Å²) in [6.07, 6.45) is -0.760. The summed E-state index contributed by atoms with van der Waals surface area (Å²) in [6.45, 7) is 0.168. The number of thioether (sulfide) groups is 1. The first-order valence-corrected chi connectivity index (χ1v) is 8.78. The highest BCUT2D eigenvalue weighted by atomic mass is 32.2. The molecule has 1 saturated heterocycles. The third kappa shape index (κ3) is 2.07. The normalized spacial score (nSPS) is 28.2. The van der Waals surface area contributed by atoms with E-state index in [1.54, 1.807) is 36.0 Å². The van der Waals surface area contributed by atoms with E-state index in [1.165, 1.54) is 0 Å². The van der Waals surface area contributed by atoms with Crippen LogP contribution >= 0.6 is 11.8 Å². The number of carbonyl (C=O) groups excluding carboxylic acids is 1. The topological polar surface area (TPSA) is 70.3 Å². The van der Waals surface area contributed by atoms with Gasteiger partial charge in [-0.2, -0.15) is 5.26 Å². The number of aliphatic hydroxyl groups excluding tert-OH is 1. The van der Waals surface area contributed by atoms with Gasteiger partial charge >= 0.3 is 0 Å². The Balaban J connectivity index is 1.79. The number of hydrogen-bond donors (Lipinski definition) is 1. The fourth-order valence-corrected chi connectivity index (χ4v) is 5.17. The second kappa shape index (κ2) is 5.66. The van der Waals surface area contributed by atoms with Crippen LogP contribution in [0.3, 0.4) is 0 Å². The zero-order chi connectivity index (χ0) is 16.7. The van der Waals surface area contributed by atoms with Crippen LogP contribution in [0.1, 0.15) is 26.7 Å². The van der Waals surface area contributed by atoms with Crippen LogP contribution in [0.4, 0.5) is 0 Å². The minimum atomic E-state index is -0.979. The number of rotatable bonds is 1. The fourth-order valence-electron chi connectivity index (χ4n) is 3.52. The van der Waals surface area contributed by atoms with Gasteiger partial charge in [0.05, 0.1) is 23.3 Å². The van der Waals surface area contributed by atoms with Gasteiger partial charge in [-0.25, -0.2) is 0 Å². The van der Waals surface area contributed by atoms with Crippen LogP contribution in [0.2, 0.25) is 0 Å². The van der Waals surface area contributed by atoms with E-state index in [1.807, 2.05) is 24.3 Å². The monoisotopic (exact) mass is 337 g/mol. The summed E-state index contributed by atoms with van der Waals surface area (Å²) in [7, 11) is 0. The van der Waals surface area contributed by atoms with Gasteiger partial charge in [-0.1, -0.05) is 24.3 Å². The van der Waals surface area contributed by atoms with Crippen LogP contribution < -0.4 is 4.74 Å². The van der Waals surface area contributed by atoms with Crippen molar-refractivity contribution in [1.82, 2.24) is 0 Å². The highest BCUT2D eigenvalue weighted by Crippen LogP contribution is 2.57. The van der Waals surface area contributed by atoms with Crippen molar-refractivity contribution in [2.75, 3.05) is 12.4 Å². The Morgan fingerprint density at radius 1 is 1.21 bits per heavy atom. The van der Waals surface area contributed by atoms with E-state index >= 15 is 0 Å². The lowest BCUT2D eigenvalue weighted by atomic mass is 9.71. The molecule has 120 valence electrons. The summed E-state index contributed by atoms with van der Waals surface area (Å²) < 4.78 is 5.85. The molecule has 1 fully saturated rings. The first-order chi connectivity index (χ1) is 11.7. The second-order valence-corrected chi connectivity index (χ2v) is 7.26. The van der Waals surface area contributed by atoms with E-state index in [4.69, 9.17) is 10.00 Å². The molecule has 1 N–H and O–H groups in total. The molecule has 4 rings (SSSR count). The lowest BCUT2D eigenvalue weighted by molar-refractivity contribution is 0.00923. The molecular weight excluding hydrogens is 322 g/mol. The molecule has 2 aromatic carbocycles. The van der Waals surface area contributed by atoms with E-state index in [-0.39, 0.29) is 17.6 Å². The summed E-state index contributed by atoms with van der Waals surface area (Å²) in [5.41, 5.74) is 1.07. The van der Waals surface area contributed by atoms with Gasteiger partial charge < -0.3 is 9.84 Å². The molecule has 0 bridgehead atoms. The van der Waals surface area contributed by atoms with Crippen LogP contribution in [0.25, 0.3) is 0 Å². The summed E-state index contributed by atoms with van der Waals surface area (Å²) in [5.74, 6) is 1.01. The van der Waals surface area contributed by atoms with Gasteiger partial charge in [-0.05, 0) is 29.8 Å². The van der Waals surface area contributed by atoms with Crippen LogP contribution in [0, 0.1) is 16.7 Å². The van der Waals surface area contributed by atoms with Crippen molar-refractivity contribution in [2.24, 2.45) is 5.41 Å². The molecule has 3 atom stereocenters. The zero-order valence-corrected chi connectivity index (χ0v) is 13.6. The number of carbonyl (C=O) groups is 1. The third-order valence-electron chi connectivity index (χ3n) is 4.85. The first-order valence-electron chi connectivity index (χ1n) is 7.73. The number of Topliss-reactive ketones (excluding diaryl/α,β-unsaturated/α-hetero) is 1. The minimum absolute atomic E-state index is 0.0591. The zero-order valence-electron chi connectivity index (χ0n) is 12.8. The van der Waals surface area contributed by atoms with Gasteiger partial charge in [-0.3, -0.25) is 4.79 Å². The molecule has 2 aromatic rings. The Hall–Kier alpha value is -2.29. The van der Waals surface area contributed by atoms with E-state index < -0.39 is 11.5 Å². The molecule has 2 aliphatic heterocycles. The predicted molar refractivity (Wildman–Crippen MR) is 91.1 cm³/mol. The Morgan fingerprint density at radius 2 is 1.96 bits per heavy atom. The molecule has 0 radical (unpaired) electrons. The Labute approximate surface area is 144 Å². The van der Waals surface area contributed by atoms with Crippen LogP contribution in [-0.2, 0) is 0 Å². The first kappa shape index (κ1) is 15.3. The molecule has 4 nitrogen and oxygen atoms in total. The number of para-hydroxylation sites is 1. The predicted octanol–water partition coefficient (Wildman–Crippen LogP) is 2.97. The van der Waals surface area contributed by atoms with Gasteiger partial charge in [0, 0.05) is 11.0 Å². The number of ether oxygens (including phenoxy) is 1. The number of fused-ring (bicyclic) bond motifs is 1. The highest BCUT2D eigenvalue weighted by Gasteiger charge is 2.59. The SMILES string of the molecule is N#Cc1ccc([C@@H]2SC[C@@H](O)[C@]23COc2ccccc2C3=O)cc1. The Morgan fingerprint density at radius 3 is 2.71 bits per heavy atom. The van der Waals surface area contributed by atoms with Crippen molar-refractivity contribution in [1.29, 1.82) is 5.26 Å². The maximum atomic E-state index is 13.3. The molecule has 2 aliphatic rings. The van der Waals surface area contributed by atoms with Crippen molar-refractivity contribution in [3.8, 4) is 11.8 Å². The molecule has 24 heavy (non-hydrogen) atoms. The summed E-state index contributed by atoms with van der Waals surface area (Å²) in [5, 5.41) is 19.4. The molecule has 5 heteroatoms. The minimum Gasteiger partial charge on any atom is -0.492 e. The molecule has 0 aromatic heterocycles. The number of hydrogen-bond acceptors (Lipinski definition) is 5. The largest absolute Gasteiger partial charge is 0.492 e. The highest BCUT2D eigenvalue weighted by molar-refractivity contribution is 7.99. The lowest BCUT2D eigenvalue weighted by Gasteiger charge is -2.39. The maximum absolute atomic E-state index is 13.3. The van der Waals surface area contributed by atoms with Gasteiger partial charge in [0.15, 0.2) is 5.78 Å². The molecule has 1 spiro atoms. The summed E-state index contributed by atoms with van der Waals surface area (Å²) in [4.78, 5) is 13.3. The fraction of sp³-hybridized carbons (Fsp3) is 0.263. The third-order valence-corrected chi connectivity index (χ3v) is 6.38. The maximum Gasteiger partial charge on any atom is 0.180 e. The lowest BCUT2D eigenvalue weighted by Crippen LogP contribution is -2.50. The van der Waals surface area contributed by atoms with Crippen LogP contribution in [0.5, 0.6) is 5.75 Å². The van der Waals surface area contributed by atoms with Gasteiger partial charge in [0.2, 0.25) is 0 Å². The van der Waals surface area contributed by atoms with E-state index in [2.05, 4.69) is 6.07 Å². The summed E-state index contributed by atoms with van der Waals surface area (Å²) >= 11 is 1.57. The van der Waals surface area contributed by atoms with E-state index in [0.29, 0.717) is 22.6 Å².